The lowest BCUT2D eigenvalue weighted by atomic mass is 9.78. The van der Waals surface area contributed by atoms with Crippen molar-refractivity contribution in [2.45, 2.75) is 277 Å². The van der Waals surface area contributed by atoms with Crippen LogP contribution in [0.2, 0.25) is 36.3 Å². The number of allylic oxidation sites excluding steroid dienone is 2. The summed E-state index contributed by atoms with van der Waals surface area (Å²) in [4.78, 5) is 13.9. The van der Waals surface area contributed by atoms with E-state index in [2.05, 4.69) is 155 Å². The van der Waals surface area contributed by atoms with Gasteiger partial charge in [-0.1, -0.05) is 191 Å². The predicted molar refractivity (Wildman–Crippen MR) is 366 cm³/mol. The number of carbonyl (C=O) groups excluding carboxylic acids is 1. The van der Waals surface area contributed by atoms with Crippen molar-refractivity contribution in [1.82, 2.24) is 0 Å². The van der Waals surface area contributed by atoms with Crippen molar-refractivity contribution in [3.8, 4) is 23.3 Å². The van der Waals surface area contributed by atoms with Gasteiger partial charge in [0.2, 0.25) is 0 Å². The molecule has 0 saturated carbocycles. The smallest absolute Gasteiger partial charge is 0.194 e. The third-order valence-corrected chi connectivity index (χ3v) is 28.1. The van der Waals surface area contributed by atoms with Crippen molar-refractivity contribution in [2.24, 2.45) is 5.92 Å². The van der Waals surface area contributed by atoms with Crippen molar-refractivity contribution < 1.29 is 42.1 Å². The van der Waals surface area contributed by atoms with Crippen molar-refractivity contribution in [3.63, 3.8) is 0 Å². The van der Waals surface area contributed by atoms with E-state index in [0.29, 0.717) is 31.8 Å². The summed E-state index contributed by atoms with van der Waals surface area (Å²) < 4.78 is 52.0. The second-order valence-electron chi connectivity index (χ2n) is 28.2. The quantitative estimate of drug-likeness (QED) is 0.0219. The number of benzene rings is 4. The SMILES string of the molecule is C=CCc1c(OCc2ccccc2)cccc1[C@@H](C#CCC[C@H](CCCCC)OC1CCCCO1)O[Si](C)(C)C(C)(C)C.CCCCC[C@@H](CCC1=C2[C@H](CC1=O)Cc1c(OCc3ccccc3)cccc1[C@@H]2O[Si](C)(C)C(C)(C)C)OC1CCCCO1. The van der Waals surface area contributed by atoms with Crippen LogP contribution in [0, 0.1) is 17.8 Å². The van der Waals surface area contributed by atoms with Crippen LogP contribution < -0.4 is 9.47 Å². The maximum absolute atomic E-state index is 13.9. The molecule has 2 heterocycles. The summed E-state index contributed by atoms with van der Waals surface area (Å²) in [6.07, 6.45) is 22.6. The van der Waals surface area contributed by atoms with Crippen molar-refractivity contribution in [1.29, 1.82) is 0 Å². The van der Waals surface area contributed by atoms with Crippen LogP contribution in [0.25, 0.3) is 0 Å². The van der Waals surface area contributed by atoms with Crippen molar-refractivity contribution in [3.05, 3.63) is 154 Å². The number of carbonyl (C=O) groups is 1. The van der Waals surface area contributed by atoms with Crippen molar-refractivity contribution in [2.75, 3.05) is 13.2 Å². The van der Waals surface area contributed by atoms with Crippen LogP contribution in [-0.2, 0) is 58.6 Å². The molecular formula is C77H112O9Si2. The Bertz CT molecular complexity index is 2840. The van der Waals surface area contributed by atoms with E-state index in [-0.39, 0.29) is 53.0 Å². The lowest BCUT2D eigenvalue weighted by Crippen LogP contribution is -2.43. The molecule has 482 valence electrons. The molecule has 4 aromatic rings. The Morgan fingerprint density at radius 3 is 1.75 bits per heavy atom. The van der Waals surface area contributed by atoms with Crippen LogP contribution in [0.5, 0.6) is 11.5 Å². The van der Waals surface area contributed by atoms with E-state index in [9.17, 15) is 4.79 Å². The van der Waals surface area contributed by atoms with E-state index < -0.39 is 16.6 Å². The molecule has 2 fully saturated rings. The molecular weight excluding hydrogens is 1130 g/mol. The number of hydrogen-bond donors (Lipinski definition) is 0. The Morgan fingerprint density at radius 1 is 0.648 bits per heavy atom. The fourth-order valence-electron chi connectivity index (χ4n) is 11.9. The third-order valence-electron chi connectivity index (χ3n) is 19.2. The van der Waals surface area contributed by atoms with E-state index in [4.69, 9.17) is 37.3 Å². The standard InChI is InChI=1S/C39H56O5Si.C38H56O4Si/c1-7-8-10-18-30(43-36-21-13-14-24-41-36)22-23-32-34(40)26-29-25-33-31(38(37(29)32)44-45(5,6)39(2,3)4)19-15-20-35(33)42-27-28-16-11-9-12-17-28;1-8-10-12-23-32(41-37-28-17-18-29-39-37)24-15-16-26-36(42-43(6,7)38(3,4)5)34-25-19-27-35(33(34)20-9-2)40-30-31-21-13-11-14-22-31/h9,11-12,15-17,19-20,29-30,36,38H,7-8,10,13-14,18,21-27H2,1-6H3;9,11,13-14,19,21-22,25,27,32,36-37H,2,8,10,12,15,17-18,20,23-24,28-30H2,1,3-7H3/t29-,30-,36?,38-;32-,36+,37?/m00/s1. The van der Waals surface area contributed by atoms with E-state index in [1.54, 1.807) is 0 Å². The van der Waals surface area contributed by atoms with Gasteiger partial charge in [0.05, 0.1) is 18.3 Å². The minimum Gasteiger partial charge on any atom is -0.489 e. The highest BCUT2D eigenvalue weighted by molar-refractivity contribution is 6.74. The van der Waals surface area contributed by atoms with E-state index in [0.717, 1.165) is 136 Å². The number of Topliss-reactive ketones (excluding diaryl/α,β-unsaturated/α-hetero) is 1. The Kier molecular flexibility index (Phi) is 27.9. The first-order chi connectivity index (χ1) is 42.2. The first kappa shape index (κ1) is 70.8. The highest BCUT2D eigenvalue weighted by Crippen LogP contribution is 2.53. The average molecular weight is 1240 g/mol. The summed E-state index contributed by atoms with van der Waals surface area (Å²) in [7, 11) is -4.31. The van der Waals surface area contributed by atoms with E-state index in [1.165, 1.54) is 55.2 Å². The molecule has 0 amide bonds. The molecule has 88 heavy (non-hydrogen) atoms. The van der Waals surface area contributed by atoms with Gasteiger partial charge < -0.3 is 37.3 Å². The number of fused-ring (bicyclic) bond motifs is 2. The highest BCUT2D eigenvalue weighted by Gasteiger charge is 2.47. The molecule has 2 unspecified atom stereocenters. The van der Waals surface area contributed by atoms with Gasteiger partial charge in [0.1, 0.15) is 30.8 Å². The zero-order valence-electron chi connectivity index (χ0n) is 56.4. The molecule has 0 radical (unpaired) electrons. The predicted octanol–water partition coefficient (Wildman–Crippen LogP) is 20.4. The highest BCUT2D eigenvalue weighted by atomic mass is 28.4. The zero-order chi connectivity index (χ0) is 63.2. The normalized spacial score (nSPS) is 19.9. The monoisotopic (exact) mass is 1240 g/mol. The van der Waals surface area contributed by atoms with Gasteiger partial charge in [0.15, 0.2) is 35.0 Å². The van der Waals surface area contributed by atoms with Crippen LogP contribution in [0.4, 0.5) is 0 Å². The summed E-state index contributed by atoms with van der Waals surface area (Å²) in [5.41, 5.74) is 9.08. The number of unbranched alkanes of at least 4 members (excludes halogenated alkanes) is 4. The van der Waals surface area contributed by atoms with Gasteiger partial charge in [-0.3, -0.25) is 4.79 Å². The minimum absolute atomic E-state index is 0.0447. The zero-order valence-corrected chi connectivity index (χ0v) is 58.4. The first-order valence-corrected chi connectivity index (χ1v) is 39.9. The molecule has 2 aliphatic heterocycles. The molecule has 2 aliphatic carbocycles. The maximum atomic E-state index is 13.9. The third kappa shape index (κ3) is 21.0. The van der Waals surface area contributed by atoms with Gasteiger partial charge in [-0.2, -0.15) is 0 Å². The summed E-state index contributed by atoms with van der Waals surface area (Å²) in [6, 6.07) is 33.3. The molecule has 0 spiro atoms. The van der Waals surface area contributed by atoms with Gasteiger partial charge in [-0.15, -0.1) is 12.5 Å². The van der Waals surface area contributed by atoms with Crippen LogP contribution in [0.15, 0.2) is 121 Å². The summed E-state index contributed by atoms with van der Waals surface area (Å²) >= 11 is 0. The van der Waals surface area contributed by atoms with Gasteiger partial charge in [0.25, 0.3) is 0 Å². The molecule has 4 aliphatic rings. The Morgan fingerprint density at radius 2 is 1.20 bits per heavy atom. The van der Waals surface area contributed by atoms with E-state index in [1.807, 2.05) is 48.5 Å². The lowest BCUT2D eigenvalue weighted by Gasteiger charge is -2.43. The number of rotatable bonds is 30. The fourth-order valence-corrected chi connectivity index (χ4v) is 14.2. The van der Waals surface area contributed by atoms with Crippen LogP contribution >= 0.6 is 0 Å². The molecule has 0 N–H and O–H groups in total. The van der Waals surface area contributed by atoms with Crippen LogP contribution in [0.1, 0.15) is 223 Å². The topological polar surface area (TPSA) is 90.9 Å². The van der Waals surface area contributed by atoms with Gasteiger partial charge >= 0.3 is 0 Å². The maximum Gasteiger partial charge on any atom is 0.194 e. The summed E-state index contributed by atoms with van der Waals surface area (Å²) in [5.74, 6) is 9.32. The Hall–Kier alpha value is -4.62. The minimum atomic E-state index is -2.18. The molecule has 8 rings (SSSR count). The van der Waals surface area contributed by atoms with Crippen LogP contribution in [-0.4, -0.2) is 60.4 Å². The Balaban J connectivity index is 0.000000251. The number of hydrogen-bond acceptors (Lipinski definition) is 9. The number of ketones is 1. The second kappa shape index (κ2) is 34.7. The summed E-state index contributed by atoms with van der Waals surface area (Å²) in [6.45, 7) is 34.1. The fraction of sp³-hybridized carbons (Fsp3) is 0.597. The molecule has 2 saturated heterocycles. The van der Waals surface area contributed by atoms with Gasteiger partial charge in [-0.05, 0) is 171 Å². The molecule has 9 nitrogen and oxygen atoms in total. The molecule has 11 heteroatoms. The summed E-state index contributed by atoms with van der Waals surface area (Å²) in [5, 5.41) is 0.105. The Labute approximate surface area is 535 Å². The van der Waals surface area contributed by atoms with Crippen molar-refractivity contribution >= 4 is 22.4 Å². The first-order valence-electron chi connectivity index (χ1n) is 34.0. The van der Waals surface area contributed by atoms with Gasteiger partial charge in [0, 0.05) is 37.2 Å². The molecule has 7 atom stereocenters. The lowest BCUT2D eigenvalue weighted by molar-refractivity contribution is -0.190. The van der Waals surface area contributed by atoms with Crippen LogP contribution in [0.3, 0.4) is 0 Å². The average Bonchev–Trinajstić information content (AvgIpc) is 1.50. The largest absolute Gasteiger partial charge is 0.489 e. The number of ether oxygens (including phenoxy) is 6. The molecule has 0 bridgehead atoms. The second-order valence-corrected chi connectivity index (χ2v) is 37.7. The van der Waals surface area contributed by atoms with Gasteiger partial charge in [-0.25, -0.2) is 0 Å². The van der Waals surface area contributed by atoms with E-state index >= 15 is 0 Å². The molecule has 0 aromatic heterocycles. The molecule has 4 aromatic carbocycles.